The summed E-state index contributed by atoms with van der Waals surface area (Å²) in [5.74, 6) is 0.0145. The third-order valence-corrected chi connectivity index (χ3v) is 4.51. The maximum absolute atomic E-state index is 13.4. The molecule has 30 heavy (non-hydrogen) atoms. The van der Waals surface area contributed by atoms with Gasteiger partial charge in [-0.15, -0.1) is 0 Å². The molecule has 3 rings (SSSR count). The molecule has 0 unspecified atom stereocenters. The summed E-state index contributed by atoms with van der Waals surface area (Å²) in [6, 6.07) is 11.3. The molecule has 0 atom stereocenters. The molecule has 0 fully saturated rings. The number of pyridine rings is 1. The molecular weight excluding hydrogens is 393 g/mol. The summed E-state index contributed by atoms with van der Waals surface area (Å²) in [6.45, 7) is 1.12. The zero-order chi connectivity index (χ0) is 22.1. The molecule has 2 N–H and O–H groups in total. The van der Waals surface area contributed by atoms with Crippen molar-refractivity contribution in [2.24, 2.45) is 0 Å². The van der Waals surface area contributed by atoms with Gasteiger partial charge in [-0.2, -0.15) is 13.2 Å². The Balaban J connectivity index is 2.14. The molecule has 160 valence electrons. The predicted molar refractivity (Wildman–Crippen MR) is 113 cm³/mol. The average Bonchev–Trinajstić information content (AvgIpc) is 2.63. The lowest BCUT2D eigenvalue weighted by molar-refractivity contribution is -0.140. The van der Waals surface area contributed by atoms with E-state index < -0.39 is 11.9 Å². The first-order chi connectivity index (χ1) is 14.0. The maximum Gasteiger partial charge on any atom is 0.433 e. The number of rotatable bonds is 6. The van der Waals surface area contributed by atoms with Crippen LogP contribution in [0.25, 0.3) is 10.9 Å². The fourth-order valence-corrected chi connectivity index (χ4v) is 3.34. The van der Waals surface area contributed by atoms with Crippen LogP contribution in [-0.4, -0.2) is 48.1 Å². The predicted octanol–water partition coefficient (Wildman–Crippen LogP) is 4.83. The number of hydrogen-bond donors (Lipinski definition) is 2. The molecule has 0 spiro atoms. The Morgan fingerprint density at radius 2 is 1.60 bits per heavy atom. The van der Waals surface area contributed by atoms with Gasteiger partial charge in [-0.1, -0.05) is 18.2 Å². The van der Waals surface area contributed by atoms with Crippen LogP contribution in [0.1, 0.15) is 16.8 Å². The summed E-state index contributed by atoms with van der Waals surface area (Å²) < 4.78 is 40.1. The van der Waals surface area contributed by atoms with Crippen molar-refractivity contribution in [3.05, 3.63) is 59.3 Å². The average molecular weight is 418 g/mol. The second-order valence-corrected chi connectivity index (χ2v) is 7.82. The van der Waals surface area contributed by atoms with Crippen molar-refractivity contribution in [3.8, 4) is 5.75 Å². The normalized spacial score (nSPS) is 12.2. The molecule has 0 saturated heterocycles. The Kier molecular flexibility index (Phi) is 6.19. The van der Waals surface area contributed by atoms with E-state index in [-0.39, 0.29) is 17.0 Å². The number of nitrogens with one attached hydrogen (secondary N) is 1. The zero-order valence-electron chi connectivity index (χ0n) is 17.4. The SMILES string of the molecule is CN(C)Cc1cc(CN(C)C)c(O)c(Nc2cc(C(F)(F)F)nc3ccccc23)c1. The van der Waals surface area contributed by atoms with Gasteiger partial charge in [0.15, 0.2) is 0 Å². The van der Waals surface area contributed by atoms with E-state index in [9.17, 15) is 18.3 Å². The van der Waals surface area contributed by atoms with Gasteiger partial charge in [0.1, 0.15) is 11.4 Å². The van der Waals surface area contributed by atoms with Gasteiger partial charge in [-0.05, 0) is 58.0 Å². The summed E-state index contributed by atoms with van der Waals surface area (Å²) in [5.41, 5.74) is 1.47. The summed E-state index contributed by atoms with van der Waals surface area (Å²) >= 11 is 0. The number of alkyl halides is 3. The Morgan fingerprint density at radius 1 is 0.933 bits per heavy atom. The molecule has 0 bridgehead atoms. The van der Waals surface area contributed by atoms with Gasteiger partial charge >= 0.3 is 6.18 Å². The quantitative estimate of drug-likeness (QED) is 0.562. The minimum Gasteiger partial charge on any atom is -0.505 e. The number of phenols is 1. The summed E-state index contributed by atoms with van der Waals surface area (Å²) in [7, 11) is 7.63. The first-order valence-corrected chi connectivity index (χ1v) is 9.43. The van der Waals surface area contributed by atoms with Crippen LogP contribution in [0, 0.1) is 0 Å². The van der Waals surface area contributed by atoms with Gasteiger partial charge in [0.25, 0.3) is 0 Å². The second-order valence-electron chi connectivity index (χ2n) is 7.82. The van der Waals surface area contributed by atoms with E-state index in [1.165, 1.54) is 6.07 Å². The van der Waals surface area contributed by atoms with Crippen LogP contribution < -0.4 is 5.32 Å². The molecule has 0 aliphatic rings. The highest BCUT2D eigenvalue weighted by molar-refractivity contribution is 5.94. The van der Waals surface area contributed by atoms with Gasteiger partial charge in [0.05, 0.1) is 16.9 Å². The van der Waals surface area contributed by atoms with Crippen molar-refractivity contribution in [3.63, 3.8) is 0 Å². The van der Waals surface area contributed by atoms with Crippen molar-refractivity contribution in [2.45, 2.75) is 19.3 Å². The number of para-hydroxylation sites is 1. The van der Waals surface area contributed by atoms with Crippen LogP contribution in [0.3, 0.4) is 0 Å². The smallest absolute Gasteiger partial charge is 0.433 e. The second kappa shape index (κ2) is 8.49. The maximum atomic E-state index is 13.4. The molecular formula is C22H25F3N4O. The van der Waals surface area contributed by atoms with Gasteiger partial charge < -0.3 is 20.2 Å². The van der Waals surface area contributed by atoms with Crippen molar-refractivity contribution in [1.29, 1.82) is 0 Å². The molecule has 2 aromatic carbocycles. The third kappa shape index (κ3) is 5.01. The number of aromatic hydroxyl groups is 1. The first-order valence-electron chi connectivity index (χ1n) is 9.43. The molecule has 0 aliphatic heterocycles. The fraction of sp³-hybridized carbons (Fsp3) is 0.318. The Morgan fingerprint density at radius 3 is 2.23 bits per heavy atom. The number of benzene rings is 2. The van der Waals surface area contributed by atoms with Crippen LogP contribution >= 0.6 is 0 Å². The van der Waals surface area contributed by atoms with Crippen LogP contribution in [0.4, 0.5) is 24.5 Å². The monoisotopic (exact) mass is 418 g/mol. The number of fused-ring (bicyclic) bond motifs is 1. The molecule has 3 aromatic rings. The van der Waals surface area contributed by atoms with E-state index >= 15 is 0 Å². The van der Waals surface area contributed by atoms with E-state index in [0.29, 0.717) is 29.7 Å². The first kappa shape index (κ1) is 21.9. The van der Waals surface area contributed by atoms with Gasteiger partial charge in [0.2, 0.25) is 0 Å². The molecule has 1 aromatic heterocycles. The van der Waals surface area contributed by atoms with Crippen LogP contribution in [0.15, 0.2) is 42.5 Å². The van der Waals surface area contributed by atoms with Crippen molar-refractivity contribution < 1.29 is 18.3 Å². The zero-order valence-corrected chi connectivity index (χ0v) is 17.4. The topological polar surface area (TPSA) is 51.6 Å². The lowest BCUT2D eigenvalue weighted by atomic mass is 10.1. The van der Waals surface area contributed by atoms with Crippen molar-refractivity contribution >= 4 is 22.3 Å². The van der Waals surface area contributed by atoms with Gasteiger partial charge in [0, 0.05) is 24.0 Å². The van der Waals surface area contributed by atoms with E-state index in [1.807, 2.05) is 44.1 Å². The van der Waals surface area contributed by atoms with E-state index in [1.54, 1.807) is 24.3 Å². The molecule has 0 amide bonds. The Hall–Kier alpha value is -2.84. The van der Waals surface area contributed by atoms with E-state index in [2.05, 4.69) is 10.3 Å². The highest BCUT2D eigenvalue weighted by Gasteiger charge is 2.33. The fourth-order valence-electron chi connectivity index (χ4n) is 3.34. The lowest BCUT2D eigenvalue weighted by Gasteiger charge is -2.20. The number of phenolic OH excluding ortho intramolecular Hbond substituents is 1. The summed E-state index contributed by atoms with van der Waals surface area (Å²) in [6.07, 6.45) is -4.58. The minimum atomic E-state index is -4.58. The lowest BCUT2D eigenvalue weighted by Crippen LogP contribution is -2.14. The third-order valence-electron chi connectivity index (χ3n) is 4.51. The Labute approximate surface area is 173 Å². The summed E-state index contributed by atoms with van der Waals surface area (Å²) in [5, 5.41) is 14.4. The van der Waals surface area contributed by atoms with Crippen molar-refractivity contribution in [2.75, 3.05) is 33.5 Å². The number of nitrogens with zero attached hydrogens (tertiary/aromatic N) is 3. The molecule has 8 heteroatoms. The number of hydrogen-bond acceptors (Lipinski definition) is 5. The van der Waals surface area contributed by atoms with Crippen molar-refractivity contribution in [1.82, 2.24) is 14.8 Å². The van der Waals surface area contributed by atoms with Crippen LogP contribution in [-0.2, 0) is 19.3 Å². The molecule has 0 radical (unpaired) electrons. The minimum absolute atomic E-state index is 0.0145. The van der Waals surface area contributed by atoms with Crippen LogP contribution in [0.2, 0.25) is 0 Å². The number of anilines is 2. The van der Waals surface area contributed by atoms with E-state index in [4.69, 9.17) is 0 Å². The summed E-state index contributed by atoms with van der Waals surface area (Å²) in [4.78, 5) is 7.65. The largest absolute Gasteiger partial charge is 0.505 e. The van der Waals surface area contributed by atoms with E-state index in [0.717, 1.165) is 11.6 Å². The molecule has 5 nitrogen and oxygen atoms in total. The molecule has 0 saturated carbocycles. The van der Waals surface area contributed by atoms with Crippen LogP contribution in [0.5, 0.6) is 5.75 Å². The van der Waals surface area contributed by atoms with Gasteiger partial charge in [-0.25, -0.2) is 4.98 Å². The molecule has 0 aliphatic carbocycles. The highest BCUT2D eigenvalue weighted by atomic mass is 19.4. The standard InChI is InChI=1S/C22H25F3N4O/c1-28(2)12-14-9-15(13-29(3)4)21(30)19(10-14)26-18-11-20(22(23,24)25)27-17-8-6-5-7-16(17)18/h5-11,30H,12-13H2,1-4H3,(H,26,27). The highest BCUT2D eigenvalue weighted by Crippen LogP contribution is 2.37. The molecule has 1 heterocycles. The van der Waals surface area contributed by atoms with Gasteiger partial charge in [-0.3, -0.25) is 0 Å². The number of aromatic nitrogens is 1. The number of halogens is 3. The Bertz CT molecular complexity index is 1050.